The van der Waals surface area contributed by atoms with E-state index in [2.05, 4.69) is 14.8 Å². The molecule has 1 fully saturated rings. The Bertz CT molecular complexity index is 684. The Morgan fingerprint density at radius 1 is 1.12 bits per heavy atom. The summed E-state index contributed by atoms with van der Waals surface area (Å²) in [5, 5.41) is 11.8. The zero-order chi connectivity index (χ0) is 17.6. The van der Waals surface area contributed by atoms with Crippen LogP contribution in [-0.2, 0) is 0 Å². The van der Waals surface area contributed by atoms with E-state index >= 15 is 0 Å². The van der Waals surface area contributed by atoms with Gasteiger partial charge in [-0.1, -0.05) is 6.07 Å². The first-order valence-electron chi connectivity index (χ1n) is 8.45. The van der Waals surface area contributed by atoms with Crippen LogP contribution in [0.2, 0.25) is 0 Å². The van der Waals surface area contributed by atoms with Crippen molar-refractivity contribution in [1.82, 2.24) is 9.88 Å². The molecule has 1 aliphatic rings. The molecule has 1 saturated heterocycles. The lowest BCUT2D eigenvalue weighted by atomic mass is 10.2. The molecule has 132 valence electrons. The molecule has 0 bridgehead atoms. The molecule has 1 aliphatic heterocycles. The number of rotatable bonds is 5. The molecule has 2 aromatic rings. The molecular weight excluding hydrogens is 318 g/mol. The number of nitrogen functional groups attached to an aromatic ring is 1. The van der Waals surface area contributed by atoms with Crippen molar-refractivity contribution in [2.45, 2.75) is 0 Å². The van der Waals surface area contributed by atoms with Crippen molar-refractivity contribution in [1.29, 1.82) is 0 Å². The van der Waals surface area contributed by atoms with Gasteiger partial charge in [-0.15, -0.1) is 0 Å². The Balaban J connectivity index is 1.45. The Morgan fingerprint density at radius 3 is 2.48 bits per heavy atom. The van der Waals surface area contributed by atoms with Gasteiger partial charge in [0.25, 0.3) is 0 Å². The van der Waals surface area contributed by atoms with Crippen LogP contribution in [0.25, 0.3) is 0 Å². The summed E-state index contributed by atoms with van der Waals surface area (Å²) in [4.78, 5) is 21.0. The van der Waals surface area contributed by atoms with E-state index in [1.54, 1.807) is 30.5 Å². The Hall–Kier alpha value is -2.48. The molecule has 1 amide bonds. The molecule has 3 N–H and O–H groups in total. The summed E-state index contributed by atoms with van der Waals surface area (Å²) in [6.45, 7) is 4.32. The molecule has 0 aliphatic carbocycles. The third-order valence-electron chi connectivity index (χ3n) is 4.43. The van der Waals surface area contributed by atoms with Gasteiger partial charge in [0.05, 0.1) is 12.1 Å². The first kappa shape index (κ1) is 17.3. The minimum absolute atomic E-state index is 0.243. The van der Waals surface area contributed by atoms with Crippen LogP contribution in [0.5, 0.6) is 0 Å². The highest BCUT2D eigenvalue weighted by atomic mass is 16.5. The number of nitrogens with zero attached hydrogens (tertiary/aromatic N) is 3. The number of carbonyl (C=O) groups excluding carboxylic acids is 1. The van der Waals surface area contributed by atoms with Crippen molar-refractivity contribution in [2.75, 3.05) is 49.9 Å². The topological polar surface area (TPSA) is 90.0 Å². The molecule has 3 rings (SSSR count). The number of benzene rings is 1. The van der Waals surface area contributed by atoms with Crippen LogP contribution in [0.3, 0.4) is 0 Å². The fraction of sp³-hybridized carbons (Fsp3) is 0.333. The second-order valence-electron chi connectivity index (χ2n) is 6.14. The highest BCUT2D eigenvalue weighted by Gasteiger charge is 2.20. The van der Waals surface area contributed by atoms with E-state index in [-0.39, 0.29) is 11.6 Å². The van der Waals surface area contributed by atoms with Gasteiger partial charge in [0.15, 0.2) is 0 Å². The van der Waals surface area contributed by atoms with Gasteiger partial charge in [0, 0.05) is 44.6 Å². The average Bonchev–Trinajstić information content (AvgIpc) is 2.67. The highest BCUT2D eigenvalue weighted by molar-refractivity contribution is 5.87. The lowest BCUT2D eigenvalue weighted by molar-refractivity contribution is -0.757. The summed E-state index contributed by atoms with van der Waals surface area (Å²) in [6.07, 6.45) is 1.79. The summed E-state index contributed by atoms with van der Waals surface area (Å²) in [5.41, 5.74) is 6.58. The van der Waals surface area contributed by atoms with Gasteiger partial charge in [-0.05, 0) is 36.4 Å². The molecule has 0 spiro atoms. The van der Waals surface area contributed by atoms with Gasteiger partial charge in [0.2, 0.25) is 0 Å². The number of quaternary nitrogens is 1. The molecule has 0 saturated carbocycles. The SMILES string of the molecule is Nc1ccc(C(=O)[NH+]([O-])CCN2CCN(c3ccccn3)CC2)cc1. The number of carbonyl (C=O) groups is 1. The molecule has 1 aromatic heterocycles. The van der Waals surface area contributed by atoms with Gasteiger partial charge < -0.3 is 20.9 Å². The van der Waals surface area contributed by atoms with Crippen LogP contribution in [-0.4, -0.2) is 55.1 Å². The average molecular weight is 341 g/mol. The fourth-order valence-corrected chi connectivity index (χ4v) is 2.91. The van der Waals surface area contributed by atoms with E-state index < -0.39 is 5.91 Å². The van der Waals surface area contributed by atoms with E-state index in [9.17, 15) is 10.0 Å². The molecule has 0 radical (unpaired) electrons. The largest absolute Gasteiger partial charge is 0.626 e. The van der Waals surface area contributed by atoms with Crippen molar-refractivity contribution < 1.29 is 9.86 Å². The quantitative estimate of drug-likeness (QED) is 0.588. The second-order valence-corrected chi connectivity index (χ2v) is 6.14. The maximum absolute atomic E-state index is 12.1. The summed E-state index contributed by atoms with van der Waals surface area (Å²) in [5.74, 6) is 0.545. The number of anilines is 2. The molecular formula is C18H23N5O2. The minimum Gasteiger partial charge on any atom is -0.626 e. The van der Waals surface area contributed by atoms with Crippen LogP contribution in [0.1, 0.15) is 10.4 Å². The first-order valence-corrected chi connectivity index (χ1v) is 8.45. The number of hydrogen-bond acceptors (Lipinski definition) is 6. The number of piperazine rings is 1. The summed E-state index contributed by atoms with van der Waals surface area (Å²) in [7, 11) is 0. The predicted molar refractivity (Wildman–Crippen MR) is 97.3 cm³/mol. The van der Waals surface area contributed by atoms with Crippen molar-refractivity contribution >= 4 is 17.4 Å². The van der Waals surface area contributed by atoms with E-state index in [1.165, 1.54) is 0 Å². The Kier molecular flexibility index (Phi) is 5.60. The number of nitrogens with one attached hydrogen (secondary N) is 1. The molecule has 1 atom stereocenters. The number of pyridine rings is 1. The lowest BCUT2D eigenvalue weighted by Gasteiger charge is -2.35. The Morgan fingerprint density at radius 2 is 1.84 bits per heavy atom. The van der Waals surface area contributed by atoms with Crippen LogP contribution < -0.4 is 15.7 Å². The van der Waals surface area contributed by atoms with E-state index in [1.807, 2.05) is 18.2 Å². The number of nitrogens with two attached hydrogens (primary N) is 1. The standard InChI is InChI=1S/C18H23N5O2/c19-16-6-4-15(5-7-16)18(24)23(25)14-11-21-9-12-22(13-10-21)17-3-1-2-8-20-17/h1-8,23H,9-14,19H2. The second kappa shape index (κ2) is 8.06. The number of aromatic nitrogens is 1. The molecule has 7 heteroatoms. The first-order chi connectivity index (χ1) is 12.1. The Labute approximate surface area is 147 Å². The normalized spacial score (nSPS) is 16.6. The van der Waals surface area contributed by atoms with E-state index in [0.717, 1.165) is 32.0 Å². The third kappa shape index (κ3) is 4.54. The maximum atomic E-state index is 12.1. The van der Waals surface area contributed by atoms with Gasteiger partial charge in [-0.2, -0.15) is 0 Å². The third-order valence-corrected chi connectivity index (χ3v) is 4.43. The number of hydroxylamine groups is 2. The zero-order valence-corrected chi connectivity index (χ0v) is 14.1. The van der Waals surface area contributed by atoms with Crippen LogP contribution in [0.15, 0.2) is 48.7 Å². The fourth-order valence-electron chi connectivity index (χ4n) is 2.91. The van der Waals surface area contributed by atoms with Gasteiger partial charge in [-0.25, -0.2) is 9.78 Å². The van der Waals surface area contributed by atoms with Crippen LogP contribution >= 0.6 is 0 Å². The van der Waals surface area contributed by atoms with Crippen molar-refractivity contribution in [3.05, 3.63) is 59.4 Å². The number of amides is 1. The van der Waals surface area contributed by atoms with E-state index in [4.69, 9.17) is 5.73 Å². The molecule has 2 heterocycles. The lowest BCUT2D eigenvalue weighted by Crippen LogP contribution is -3.10. The minimum atomic E-state index is -0.438. The molecule has 7 nitrogen and oxygen atoms in total. The smallest absolute Gasteiger partial charge is 0.344 e. The zero-order valence-electron chi connectivity index (χ0n) is 14.1. The summed E-state index contributed by atoms with van der Waals surface area (Å²) >= 11 is 0. The van der Waals surface area contributed by atoms with Gasteiger partial charge in [-0.3, -0.25) is 4.90 Å². The number of hydrogen-bond donors (Lipinski definition) is 2. The van der Waals surface area contributed by atoms with Crippen molar-refractivity contribution in [2.24, 2.45) is 0 Å². The van der Waals surface area contributed by atoms with Crippen LogP contribution in [0, 0.1) is 5.21 Å². The summed E-state index contributed by atoms with van der Waals surface area (Å²) in [6, 6.07) is 12.4. The van der Waals surface area contributed by atoms with Crippen molar-refractivity contribution in [3.8, 4) is 0 Å². The van der Waals surface area contributed by atoms with Crippen molar-refractivity contribution in [3.63, 3.8) is 0 Å². The monoisotopic (exact) mass is 341 g/mol. The van der Waals surface area contributed by atoms with Gasteiger partial charge >= 0.3 is 5.91 Å². The predicted octanol–water partition coefficient (Wildman–Crippen LogP) is 0.00890. The summed E-state index contributed by atoms with van der Waals surface area (Å²) < 4.78 is 0. The molecule has 25 heavy (non-hydrogen) atoms. The molecule has 1 aromatic carbocycles. The molecule has 1 unspecified atom stereocenters. The maximum Gasteiger partial charge on any atom is 0.344 e. The van der Waals surface area contributed by atoms with Crippen LogP contribution in [0.4, 0.5) is 11.5 Å². The van der Waals surface area contributed by atoms with Gasteiger partial charge in [0.1, 0.15) is 5.82 Å². The highest BCUT2D eigenvalue weighted by Crippen LogP contribution is 2.12. The van der Waals surface area contributed by atoms with E-state index in [0.29, 0.717) is 17.8 Å².